The van der Waals surface area contributed by atoms with E-state index in [1.165, 1.54) is 12.1 Å². The maximum Gasteiger partial charge on any atom is 0.416 e. The molecule has 0 amide bonds. The number of hydrogen-bond donors (Lipinski definition) is 1. The molecule has 0 saturated heterocycles. The van der Waals surface area contributed by atoms with Gasteiger partial charge in [-0.25, -0.2) is 0 Å². The lowest BCUT2D eigenvalue weighted by Gasteiger charge is -2.23. The van der Waals surface area contributed by atoms with Gasteiger partial charge in [-0.2, -0.15) is 13.2 Å². The molecule has 3 atom stereocenters. The predicted molar refractivity (Wildman–Crippen MR) is 79.7 cm³/mol. The molecule has 0 aliphatic carbocycles. The normalized spacial score (nSPS) is 16.5. The Morgan fingerprint density at radius 2 is 1.95 bits per heavy atom. The van der Waals surface area contributed by atoms with Crippen LogP contribution in [0.1, 0.15) is 39.2 Å². The summed E-state index contributed by atoms with van der Waals surface area (Å²) in [6, 6.07) is 4.81. The van der Waals surface area contributed by atoms with E-state index < -0.39 is 22.5 Å². The largest absolute Gasteiger partial charge is 0.416 e. The summed E-state index contributed by atoms with van der Waals surface area (Å²) in [5.74, 6) is 0. The van der Waals surface area contributed by atoms with E-state index in [0.717, 1.165) is 31.5 Å². The van der Waals surface area contributed by atoms with Crippen molar-refractivity contribution in [2.24, 2.45) is 0 Å². The van der Waals surface area contributed by atoms with Crippen molar-refractivity contribution >= 4 is 10.8 Å². The first-order valence-electron chi connectivity index (χ1n) is 7.12. The molecule has 0 spiro atoms. The smallest absolute Gasteiger partial charge is 0.313 e. The van der Waals surface area contributed by atoms with Gasteiger partial charge in [-0.1, -0.05) is 19.9 Å². The molecule has 1 aromatic carbocycles. The Balaban J connectivity index is 2.91. The first-order valence-corrected chi connectivity index (χ1v) is 8.33. The molecule has 21 heavy (non-hydrogen) atoms. The lowest BCUT2D eigenvalue weighted by atomic mass is 10.1. The average Bonchev–Trinajstić information content (AvgIpc) is 2.46. The fraction of sp³-hybridized carbons (Fsp3) is 0.600. The molecule has 1 N–H and O–H groups in total. The minimum absolute atomic E-state index is 0.0281. The van der Waals surface area contributed by atoms with Crippen LogP contribution in [-0.2, 0) is 17.0 Å². The van der Waals surface area contributed by atoms with Crippen molar-refractivity contribution in [2.45, 2.75) is 56.0 Å². The summed E-state index contributed by atoms with van der Waals surface area (Å²) in [6.45, 7) is 6.64. The van der Waals surface area contributed by atoms with Crippen LogP contribution in [0.4, 0.5) is 13.2 Å². The van der Waals surface area contributed by atoms with Crippen molar-refractivity contribution in [2.75, 3.05) is 6.54 Å². The molecular weight excluding hydrogens is 299 g/mol. The van der Waals surface area contributed by atoms with Gasteiger partial charge in [0.25, 0.3) is 0 Å². The fourth-order valence-electron chi connectivity index (χ4n) is 2.13. The third-order valence-electron chi connectivity index (χ3n) is 3.39. The lowest BCUT2D eigenvalue weighted by molar-refractivity contribution is -0.137. The molecule has 0 saturated carbocycles. The van der Waals surface area contributed by atoms with Crippen LogP contribution >= 0.6 is 0 Å². The molecule has 3 unspecified atom stereocenters. The van der Waals surface area contributed by atoms with Crippen molar-refractivity contribution in [1.82, 2.24) is 5.32 Å². The van der Waals surface area contributed by atoms with Crippen molar-refractivity contribution in [3.8, 4) is 0 Å². The molecule has 0 heterocycles. The molecule has 0 aliphatic rings. The van der Waals surface area contributed by atoms with Gasteiger partial charge in [0, 0.05) is 10.9 Å². The van der Waals surface area contributed by atoms with Gasteiger partial charge in [0.2, 0.25) is 0 Å². The highest BCUT2D eigenvalue weighted by Gasteiger charge is 2.31. The molecular formula is C15H22F3NOS. The minimum Gasteiger partial charge on any atom is -0.313 e. The zero-order valence-corrected chi connectivity index (χ0v) is 13.4. The van der Waals surface area contributed by atoms with Gasteiger partial charge in [-0.05, 0) is 44.5 Å². The molecule has 0 aliphatic heterocycles. The van der Waals surface area contributed by atoms with Gasteiger partial charge in [0.15, 0.2) is 0 Å². The summed E-state index contributed by atoms with van der Waals surface area (Å²) in [5.41, 5.74) is -0.755. The van der Waals surface area contributed by atoms with E-state index in [1.807, 2.05) is 20.8 Å². The molecule has 2 nitrogen and oxygen atoms in total. The van der Waals surface area contributed by atoms with Crippen LogP contribution < -0.4 is 5.32 Å². The number of benzene rings is 1. The highest BCUT2D eigenvalue weighted by molar-refractivity contribution is 7.85. The number of alkyl halides is 3. The predicted octanol–water partition coefficient (Wildman–Crippen LogP) is 3.98. The van der Waals surface area contributed by atoms with Crippen LogP contribution in [0.5, 0.6) is 0 Å². The van der Waals surface area contributed by atoms with E-state index in [2.05, 4.69) is 5.32 Å². The van der Waals surface area contributed by atoms with E-state index in [-0.39, 0.29) is 16.2 Å². The van der Waals surface area contributed by atoms with E-state index in [1.54, 1.807) is 0 Å². The van der Waals surface area contributed by atoms with Crippen molar-refractivity contribution < 1.29 is 17.4 Å². The van der Waals surface area contributed by atoms with Gasteiger partial charge >= 0.3 is 6.18 Å². The second-order valence-electron chi connectivity index (χ2n) is 5.00. The Kier molecular flexibility index (Phi) is 6.87. The molecule has 0 bridgehead atoms. The topological polar surface area (TPSA) is 29.1 Å². The van der Waals surface area contributed by atoms with Gasteiger partial charge in [0.1, 0.15) is 0 Å². The average molecular weight is 321 g/mol. The van der Waals surface area contributed by atoms with E-state index in [4.69, 9.17) is 0 Å². The number of hydrogen-bond acceptors (Lipinski definition) is 2. The zero-order chi connectivity index (χ0) is 16.0. The molecule has 0 radical (unpaired) electrons. The molecule has 0 aromatic heterocycles. The second kappa shape index (κ2) is 7.94. The van der Waals surface area contributed by atoms with E-state index >= 15 is 0 Å². The van der Waals surface area contributed by atoms with Crippen LogP contribution in [0.2, 0.25) is 0 Å². The van der Waals surface area contributed by atoms with Crippen molar-refractivity contribution in [3.63, 3.8) is 0 Å². The lowest BCUT2D eigenvalue weighted by Crippen LogP contribution is -2.40. The van der Waals surface area contributed by atoms with Crippen molar-refractivity contribution in [3.05, 3.63) is 29.8 Å². The van der Waals surface area contributed by atoms with E-state index in [9.17, 15) is 17.4 Å². The third-order valence-corrected chi connectivity index (χ3v) is 5.12. The standard InChI is InChI=1S/C15H22F3NOS/c1-4-9-19-14(5-2)11(3)21(20)13-8-6-7-12(10-13)15(16,17)18/h6-8,10-11,14,19H,4-5,9H2,1-3H3. The summed E-state index contributed by atoms with van der Waals surface area (Å²) >= 11 is 0. The summed E-state index contributed by atoms with van der Waals surface area (Å²) < 4.78 is 50.6. The SMILES string of the molecule is CCCNC(CC)C(C)S(=O)c1cccc(C(F)(F)F)c1. The Morgan fingerprint density at radius 1 is 1.29 bits per heavy atom. The Hall–Kier alpha value is -0.880. The second-order valence-corrected chi connectivity index (χ2v) is 6.81. The first-order chi connectivity index (χ1) is 9.81. The van der Waals surface area contributed by atoms with E-state index in [0.29, 0.717) is 0 Å². The summed E-state index contributed by atoms with van der Waals surface area (Å²) in [7, 11) is -1.47. The van der Waals surface area contributed by atoms with Gasteiger partial charge in [-0.3, -0.25) is 4.21 Å². The Morgan fingerprint density at radius 3 is 2.48 bits per heavy atom. The molecule has 6 heteroatoms. The molecule has 0 fully saturated rings. The summed E-state index contributed by atoms with van der Waals surface area (Å²) in [5, 5.41) is 3.05. The third kappa shape index (κ3) is 5.11. The Labute approximate surface area is 126 Å². The molecule has 1 aromatic rings. The number of rotatable bonds is 7. The molecule has 120 valence electrons. The van der Waals surface area contributed by atoms with Gasteiger partial charge in [0.05, 0.1) is 21.6 Å². The maximum absolute atomic E-state index is 12.7. The van der Waals surface area contributed by atoms with Crippen LogP contribution in [0.3, 0.4) is 0 Å². The van der Waals surface area contributed by atoms with Crippen LogP contribution in [0, 0.1) is 0 Å². The van der Waals surface area contributed by atoms with Crippen molar-refractivity contribution in [1.29, 1.82) is 0 Å². The quantitative estimate of drug-likeness (QED) is 0.823. The van der Waals surface area contributed by atoms with Crippen LogP contribution in [0.15, 0.2) is 29.2 Å². The number of halogens is 3. The Bertz CT molecular complexity index is 476. The van der Waals surface area contributed by atoms with Gasteiger partial charge < -0.3 is 5.32 Å². The van der Waals surface area contributed by atoms with Crippen LogP contribution in [0.25, 0.3) is 0 Å². The monoisotopic (exact) mass is 321 g/mol. The fourth-order valence-corrected chi connectivity index (χ4v) is 3.61. The molecule has 1 rings (SSSR count). The zero-order valence-electron chi connectivity index (χ0n) is 12.5. The maximum atomic E-state index is 12.7. The highest BCUT2D eigenvalue weighted by atomic mass is 32.2. The summed E-state index contributed by atoms with van der Waals surface area (Å²) in [4.78, 5) is 0.231. The van der Waals surface area contributed by atoms with Gasteiger partial charge in [-0.15, -0.1) is 0 Å². The van der Waals surface area contributed by atoms with Crippen LogP contribution in [-0.4, -0.2) is 22.0 Å². The minimum atomic E-state index is -4.41. The highest BCUT2D eigenvalue weighted by Crippen LogP contribution is 2.30. The first kappa shape index (κ1) is 18.2. The number of nitrogens with one attached hydrogen (secondary N) is 1. The summed E-state index contributed by atoms with van der Waals surface area (Å²) in [6.07, 6.45) is -2.67.